The van der Waals surface area contributed by atoms with Crippen LogP contribution in [0.1, 0.15) is 41.0 Å². The summed E-state index contributed by atoms with van der Waals surface area (Å²) in [6.07, 6.45) is 0.711. The maximum absolute atomic E-state index is 11.5. The van der Waals surface area contributed by atoms with E-state index in [1.807, 2.05) is 6.92 Å². The van der Waals surface area contributed by atoms with E-state index in [4.69, 9.17) is 0 Å². The standard InChI is InChI=1S/C12H25NO2S/c1-6-8-16(14,15)9-7-13-10-11(2,3)12(10,4)5/h10,13H,6-9H2,1-5H3. The number of sulfone groups is 1. The highest BCUT2D eigenvalue weighted by molar-refractivity contribution is 7.91. The van der Waals surface area contributed by atoms with E-state index >= 15 is 0 Å². The summed E-state index contributed by atoms with van der Waals surface area (Å²) in [7, 11) is -2.84. The lowest BCUT2D eigenvalue weighted by Gasteiger charge is -2.06. The van der Waals surface area contributed by atoms with Crippen molar-refractivity contribution >= 4 is 9.84 Å². The van der Waals surface area contributed by atoms with Gasteiger partial charge in [-0.05, 0) is 17.3 Å². The highest BCUT2D eigenvalue weighted by Crippen LogP contribution is 2.62. The molecule has 0 aromatic carbocycles. The Balaban J connectivity index is 2.34. The van der Waals surface area contributed by atoms with Gasteiger partial charge in [0.2, 0.25) is 0 Å². The van der Waals surface area contributed by atoms with E-state index in [0.29, 0.717) is 24.8 Å². The monoisotopic (exact) mass is 247 g/mol. The minimum atomic E-state index is -2.84. The molecule has 0 saturated heterocycles. The third kappa shape index (κ3) is 2.59. The molecule has 96 valence electrons. The molecule has 0 aliphatic heterocycles. The highest BCUT2D eigenvalue weighted by Gasteiger charge is 2.64. The third-order valence-corrected chi connectivity index (χ3v) is 6.15. The van der Waals surface area contributed by atoms with E-state index in [2.05, 4.69) is 33.0 Å². The molecule has 1 N–H and O–H groups in total. The van der Waals surface area contributed by atoms with Crippen molar-refractivity contribution in [1.29, 1.82) is 0 Å². The van der Waals surface area contributed by atoms with Gasteiger partial charge in [0, 0.05) is 18.3 Å². The van der Waals surface area contributed by atoms with Crippen LogP contribution >= 0.6 is 0 Å². The fourth-order valence-corrected chi connectivity index (χ4v) is 3.73. The molecule has 1 fully saturated rings. The molecule has 0 atom stereocenters. The molecule has 0 aromatic heterocycles. The summed E-state index contributed by atoms with van der Waals surface area (Å²) in [4.78, 5) is 0. The topological polar surface area (TPSA) is 46.2 Å². The van der Waals surface area contributed by atoms with Gasteiger partial charge in [-0.3, -0.25) is 0 Å². The van der Waals surface area contributed by atoms with Crippen LogP contribution in [0.4, 0.5) is 0 Å². The predicted molar refractivity (Wildman–Crippen MR) is 68.3 cm³/mol. The van der Waals surface area contributed by atoms with Crippen molar-refractivity contribution in [2.24, 2.45) is 10.8 Å². The summed E-state index contributed by atoms with van der Waals surface area (Å²) in [6.45, 7) is 11.4. The smallest absolute Gasteiger partial charge is 0.151 e. The molecule has 0 radical (unpaired) electrons. The van der Waals surface area contributed by atoms with E-state index in [0.717, 1.165) is 0 Å². The SMILES string of the molecule is CCCS(=O)(=O)CCNC1C(C)(C)C1(C)C. The van der Waals surface area contributed by atoms with Gasteiger partial charge in [0.15, 0.2) is 9.84 Å². The Morgan fingerprint density at radius 2 is 1.56 bits per heavy atom. The Bertz CT molecular complexity index is 330. The summed E-state index contributed by atoms with van der Waals surface area (Å²) in [6, 6.07) is 0.442. The molecular weight excluding hydrogens is 222 g/mol. The van der Waals surface area contributed by atoms with E-state index in [1.54, 1.807) is 0 Å². The first-order chi connectivity index (χ1) is 7.15. The van der Waals surface area contributed by atoms with Gasteiger partial charge in [0.25, 0.3) is 0 Å². The molecule has 16 heavy (non-hydrogen) atoms. The fourth-order valence-electron chi connectivity index (χ4n) is 2.48. The second-order valence-electron chi connectivity index (χ2n) is 5.98. The molecule has 0 bridgehead atoms. The zero-order chi connectivity index (χ0) is 12.6. The first-order valence-corrected chi connectivity index (χ1v) is 7.91. The normalized spacial score (nSPS) is 23.3. The number of hydrogen-bond donors (Lipinski definition) is 1. The Morgan fingerprint density at radius 1 is 1.06 bits per heavy atom. The van der Waals surface area contributed by atoms with Crippen molar-refractivity contribution < 1.29 is 8.42 Å². The van der Waals surface area contributed by atoms with Crippen LogP contribution in [0.25, 0.3) is 0 Å². The summed E-state index contributed by atoms with van der Waals surface area (Å²) in [5.41, 5.74) is 0.559. The first-order valence-electron chi connectivity index (χ1n) is 6.09. The van der Waals surface area contributed by atoms with Gasteiger partial charge < -0.3 is 5.32 Å². The van der Waals surface area contributed by atoms with Crippen LogP contribution in [-0.4, -0.2) is 32.5 Å². The molecule has 0 spiro atoms. The molecule has 0 amide bonds. The van der Waals surface area contributed by atoms with E-state index in [1.165, 1.54) is 0 Å². The maximum atomic E-state index is 11.5. The van der Waals surface area contributed by atoms with Gasteiger partial charge in [-0.25, -0.2) is 8.42 Å². The Kier molecular flexibility index (Phi) is 3.75. The number of rotatable bonds is 6. The lowest BCUT2D eigenvalue weighted by Crippen LogP contribution is -2.29. The first kappa shape index (κ1) is 14.0. The Labute approximate surface area is 99.9 Å². The lowest BCUT2D eigenvalue weighted by atomic mass is 10.0. The summed E-state index contributed by atoms with van der Waals surface area (Å²) in [5, 5.41) is 3.37. The lowest BCUT2D eigenvalue weighted by molar-refractivity contribution is 0.457. The summed E-state index contributed by atoms with van der Waals surface area (Å²) >= 11 is 0. The van der Waals surface area contributed by atoms with Crippen LogP contribution < -0.4 is 5.32 Å². The molecule has 0 unspecified atom stereocenters. The van der Waals surface area contributed by atoms with Gasteiger partial charge in [-0.2, -0.15) is 0 Å². The molecule has 0 aromatic rings. The average Bonchev–Trinajstić information content (AvgIpc) is 2.47. The van der Waals surface area contributed by atoms with E-state index in [-0.39, 0.29) is 16.6 Å². The second-order valence-corrected chi connectivity index (χ2v) is 8.29. The molecule has 1 aliphatic rings. The van der Waals surface area contributed by atoms with Crippen molar-refractivity contribution in [3.63, 3.8) is 0 Å². The number of nitrogens with one attached hydrogen (secondary N) is 1. The molecule has 3 nitrogen and oxygen atoms in total. The highest BCUT2D eigenvalue weighted by atomic mass is 32.2. The van der Waals surface area contributed by atoms with Crippen molar-refractivity contribution in [1.82, 2.24) is 5.32 Å². The van der Waals surface area contributed by atoms with Crippen LogP contribution in [0.5, 0.6) is 0 Å². The predicted octanol–water partition coefficient (Wildman–Crippen LogP) is 1.84. The largest absolute Gasteiger partial charge is 0.312 e. The summed E-state index contributed by atoms with van der Waals surface area (Å²) < 4.78 is 23.0. The van der Waals surface area contributed by atoms with Crippen LogP contribution in [0, 0.1) is 10.8 Å². The minimum Gasteiger partial charge on any atom is -0.312 e. The Hall–Kier alpha value is -0.0900. The molecule has 1 saturated carbocycles. The van der Waals surface area contributed by atoms with E-state index in [9.17, 15) is 8.42 Å². The van der Waals surface area contributed by atoms with Crippen LogP contribution in [0.15, 0.2) is 0 Å². The van der Waals surface area contributed by atoms with Crippen molar-refractivity contribution in [2.45, 2.75) is 47.1 Å². The maximum Gasteiger partial charge on any atom is 0.151 e. The Morgan fingerprint density at radius 3 is 1.94 bits per heavy atom. The van der Waals surface area contributed by atoms with Crippen molar-refractivity contribution in [2.75, 3.05) is 18.1 Å². The molecular formula is C12H25NO2S. The van der Waals surface area contributed by atoms with Crippen LogP contribution in [0.2, 0.25) is 0 Å². The molecule has 4 heteroatoms. The van der Waals surface area contributed by atoms with Gasteiger partial charge in [-0.15, -0.1) is 0 Å². The second kappa shape index (κ2) is 4.30. The molecule has 1 rings (SSSR count). The number of hydrogen-bond acceptors (Lipinski definition) is 3. The average molecular weight is 247 g/mol. The molecule has 0 heterocycles. The van der Waals surface area contributed by atoms with Crippen LogP contribution in [0.3, 0.4) is 0 Å². The van der Waals surface area contributed by atoms with Gasteiger partial charge in [0.05, 0.1) is 5.75 Å². The van der Waals surface area contributed by atoms with Gasteiger partial charge in [-0.1, -0.05) is 34.6 Å². The zero-order valence-electron chi connectivity index (χ0n) is 11.1. The quantitative estimate of drug-likeness (QED) is 0.779. The fraction of sp³-hybridized carbons (Fsp3) is 1.00. The van der Waals surface area contributed by atoms with Gasteiger partial charge in [0.1, 0.15) is 0 Å². The third-order valence-electron chi connectivity index (χ3n) is 4.30. The van der Waals surface area contributed by atoms with Crippen molar-refractivity contribution in [3.05, 3.63) is 0 Å². The van der Waals surface area contributed by atoms with E-state index < -0.39 is 9.84 Å². The van der Waals surface area contributed by atoms with Crippen molar-refractivity contribution in [3.8, 4) is 0 Å². The molecule has 1 aliphatic carbocycles. The minimum absolute atomic E-state index is 0.267. The van der Waals surface area contributed by atoms with Crippen LogP contribution in [-0.2, 0) is 9.84 Å². The zero-order valence-corrected chi connectivity index (χ0v) is 11.9. The van der Waals surface area contributed by atoms with Gasteiger partial charge >= 0.3 is 0 Å². The summed E-state index contributed by atoms with van der Waals surface area (Å²) in [5.74, 6) is 0.579.